The van der Waals surface area contributed by atoms with Gasteiger partial charge in [-0.1, -0.05) is 18.2 Å². The van der Waals surface area contributed by atoms with Crippen molar-refractivity contribution in [3.05, 3.63) is 36.0 Å². The maximum atomic E-state index is 13.1. The fourth-order valence-electron chi connectivity index (χ4n) is 3.08. The molecule has 1 aromatic carbocycles. The van der Waals surface area contributed by atoms with Gasteiger partial charge in [0.2, 0.25) is 5.91 Å². The number of aliphatic carboxylic acids is 1. The van der Waals surface area contributed by atoms with Gasteiger partial charge in [0.15, 0.2) is 0 Å². The number of nitrogens with zero attached hydrogens (tertiary/aromatic N) is 1. The number of aromatic nitrogens is 1. The number of hydrogen-bond donors (Lipinski definition) is 3. The van der Waals surface area contributed by atoms with Crippen LogP contribution in [-0.2, 0) is 20.7 Å². The van der Waals surface area contributed by atoms with E-state index >= 15 is 0 Å². The van der Waals surface area contributed by atoms with E-state index in [9.17, 15) is 19.5 Å². The van der Waals surface area contributed by atoms with Gasteiger partial charge < -0.3 is 20.6 Å². The van der Waals surface area contributed by atoms with Gasteiger partial charge in [-0.25, -0.2) is 14.5 Å². The predicted octanol–water partition coefficient (Wildman–Crippen LogP) is 3.06. The standard InChI is InChI=1S/C21H29N3O5/c1-21(2,3)29-20(28)24(17(19(26)27)10-6-7-11-22)18(25)12-14-13-23-16-9-5-4-8-15(14)16/h4-5,8-9,13,17,23H,6-7,10-12,22H2,1-3H3,(H,26,27)/t17-/m1/s1. The molecule has 0 fully saturated rings. The average Bonchev–Trinajstić information content (AvgIpc) is 3.02. The number of hydrogen-bond acceptors (Lipinski definition) is 5. The van der Waals surface area contributed by atoms with Crippen LogP contribution >= 0.6 is 0 Å². The minimum atomic E-state index is -1.31. The van der Waals surface area contributed by atoms with E-state index in [1.54, 1.807) is 27.0 Å². The molecule has 1 aromatic heterocycles. The lowest BCUT2D eigenvalue weighted by Crippen LogP contribution is -2.51. The van der Waals surface area contributed by atoms with E-state index in [1.807, 2.05) is 24.3 Å². The number of rotatable bonds is 8. The average molecular weight is 403 g/mol. The van der Waals surface area contributed by atoms with Gasteiger partial charge in [-0.2, -0.15) is 0 Å². The maximum Gasteiger partial charge on any atom is 0.417 e. The first-order chi connectivity index (χ1) is 13.6. The summed E-state index contributed by atoms with van der Waals surface area (Å²) in [6.07, 6.45) is 1.81. The number of fused-ring (bicyclic) bond motifs is 1. The third kappa shape index (κ3) is 6.05. The number of carboxylic acids is 1. The molecule has 0 aliphatic rings. The smallest absolute Gasteiger partial charge is 0.417 e. The molecule has 2 amide bonds. The number of aromatic amines is 1. The molecule has 0 bridgehead atoms. The molecule has 0 aliphatic carbocycles. The van der Waals surface area contributed by atoms with Crippen molar-refractivity contribution in [3.63, 3.8) is 0 Å². The van der Waals surface area contributed by atoms with Crippen LogP contribution in [0.1, 0.15) is 45.6 Å². The molecule has 0 radical (unpaired) electrons. The molecule has 2 rings (SSSR count). The van der Waals surface area contributed by atoms with Crippen molar-refractivity contribution in [2.24, 2.45) is 5.73 Å². The van der Waals surface area contributed by atoms with Crippen LogP contribution in [0.25, 0.3) is 10.9 Å². The van der Waals surface area contributed by atoms with E-state index in [0.29, 0.717) is 24.9 Å². The van der Waals surface area contributed by atoms with Crippen LogP contribution in [-0.4, -0.2) is 51.1 Å². The highest BCUT2D eigenvalue weighted by atomic mass is 16.6. The summed E-state index contributed by atoms with van der Waals surface area (Å²) in [5, 5.41) is 10.5. The number of imide groups is 1. The SMILES string of the molecule is CC(C)(C)OC(=O)N(C(=O)Cc1c[nH]c2ccccc12)[C@H](CCCCN)C(=O)O. The van der Waals surface area contributed by atoms with E-state index < -0.39 is 29.6 Å². The summed E-state index contributed by atoms with van der Waals surface area (Å²) < 4.78 is 5.34. The summed E-state index contributed by atoms with van der Waals surface area (Å²) >= 11 is 0. The van der Waals surface area contributed by atoms with Crippen molar-refractivity contribution in [3.8, 4) is 0 Å². The van der Waals surface area contributed by atoms with Crippen LogP contribution in [0.2, 0.25) is 0 Å². The van der Waals surface area contributed by atoms with Crippen LogP contribution < -0.4 is 5.73 Å². The number of nitrogens with one attached hydrogen (secondary N) is 1. The van der Waals surface area contributed by atoms with Crippen LogP contribution in [0.4, 0.5) is 4.79 Å². The maximum absolute atomic E-state index is 13.1. The molecule has 158 valence electrons. The Hall–Kier alpha value is -2.87. The number of para-hydroxylation sites is 1. The monoisotopic (exact) mass is 403 g/mol. The fourth-order valence-corrected chi connectivity index (χ4v) is 3.08. The molecule has 4 N–H and O–H groups in total. The number of nitrogens with two attached hydrogens (primary N) is 1. The molecule has 29 heavy (non-hydrogen) atoms. The number of benzene rings is 1. The summed E-state index contributed by atoms with van der Waals surface area (Å²) in [7, 11) is 0. The second-order valence-corrected chi connectivity index (χ2v) is 7.92. The van der Waals surface area contributed by atoms with Gasteiger partial charge in [-0.15, -0.1) is 0 Å². The Balaban J connectivity index is 2.32. The second kappa shape index (κ2) is 9.56. The number of carbonyl (C=O) groups is 3. The summed E-state index contributed by atoms with van der Waals surface area (Å²) in [6.45, 7) is 5.40. The van der Waals surface area contributed by atoms with Crippen LogP contribution in [0.15, 0.2) is 30.5 Å². The molecule has 1 atom stereocenters. The minimum Gasteiger partial charge on any atom is -0.480 e. The third-order valence-corrected chi connectivity index (χ3v) is 4.40. The van der Waals surface area contributed by atoms with Crippen molar-refractivity contribution >= 4 is 28.9 Å². The first kappa shape index (κ1) is 22.4. The molecule has 8 heteroatoms. The Labute approximate surface area is 170 Å². The molecule has 0 spiro atoms. The lowest BCUT2D eigenvalue weighted by Gasteiger charge is -2.30. The van der Waals surface area contributed by atoms with Crippen molar-refractivity contribution < 1.29 is 24.2 Å². The number of carboxylic acid groups (broad SMARTS) is 1. The predicted molar refractivity (Wildman–Crippen MR) is 109 cm³/mol. The van der Waals surface area contributed by atoms with Crippen molar-refractivity contribution in [1.29, 1.82) is 0 Å². The fraction of sp³-hybridized carbons (Fsp3) is 0.476. The highest BCUT2D eigenvalue weighted by Gasteiger charge is 2.37. The minimum absolute atomic E-state index is 0.116. The quantitative estimate of drug-likeness (QED) is 0.582. The van der Waals surface area contributed by atoms with Crippen LogP contribution in [0, 0.1) is 0 Å². The second-order valence-electron chi connectivity index (χ2n) is 7.92. The van der Waals surface area contributed by atoms with Gasteiger partial charge in [0, 0.05) is 17.1 Å². The summed E-state index contributed by atoms with van der Waals surface area (Å²) in [5.74, 6) is -1.87. The Bertz CT molecular complexity index is 869. The zero-order chi connectivity index (χ0) is 21.6. The Morgan fingerprint density at radius 3 is 2.52 bits per heavy atom. The zero-order valence-electron chi connectivity index (χ0n) is 17.1. The zero-order valence-corrected chi connectivity index (χ0v) is 17.1. The summed E-state index contributed by atoms with van der Waals surface area (Å²) in [5.41, 5.74) is 6.17. The number of carbonyl (C=O) groups excluding carboxylic acids is 2. The highest BCUT2D eigenvalue weighted by Crippen LogP contribution is 2.21. The lowest BCUT2D eigenvalue weighted by molar-refractivity contribution is -0.149. The Kier molecular flexibility index (Phi) is 7.39. The molecule has 0 aliphatic heterocycles. The number of H-pyrrole nitrogens is 1. The van der Waals surface area contributed by atoms with E-state index in [2.05, 4.69) is 4.98 Å². The first-order valence-corrected chi connectivity index (χ1v) is 9.67. The van der Waals surface area contributed by atoms with Gasteiger partial charge in [0.25, 0.3) is 0 Å². The largest absolute Gasteiger partial charge is 0.480 e. The first-order valence-electron chi connectivity index (χ1n) is 9.67. The van der Waals surface area contributed by atoms with Crippen LogP contribution in [0.5, 0.6) is 0 Å². The van der Waals surface area contributed by atoms with Gasteiger partial charge in [0.05, 0.1) is 6.42 Å². The molecule has 0 saturated carbocycles. The van der Waals surface area contributed by atoms with E-state index in [4.69, 9.17) is 10.5 Å². The lowest BCUT2D eigenvalue weighted by atomic mass is 10.1. The highest BCUT2D eigenvalue weighted by molar-refractivity contribution is 5.99. The molecular formula is C21H29N3O5. The molecule has 0 unspecified atom stereocenters. The molecule has 2 aromatic rings. The van der Waals surface area contributed by atoms with Gasteiger partial charge in [0.1, 0.15) is 11.6 Å². The van der Waals surface area contributed by atoms with Crippen LogP contribution in [0.3, 0.4) is 0 Å². The summed E-state index contributed by atoms with van der Waals surface area (Å²) in [6, 6.07) is 6.15. The molecule has 8 nitrogen and oxygen atoms in total. The van der Waals surface area contributed by atoms with Crippen molar-refractivity contribution in [2.45, 2.75) is 58.1 Å². The van der Waals surface area contributed by atoms with Gasteiger partial charge in [-0.05, 0) is 58.2 Å². The molecular weight excluding hydrogens is 374 g/mol. The molecule has 0 saturated heterocycles. The van der Waals surface area contributed by atoms with E-state index in [0.717, 1.165) is 15.8 Å². The Morgan fingerprint density at radius 2 is 1.90 bits per heavy atom. The summed E-state index contributed by atoms with van der Waals surface area (Å²) in [4.78, 5) is 41.5. The topological polar surface area (TPSA) is 126 Å². The number of amides is 2. The van der Waals surface area contributed by atoms with Crippen molar-refractivity contribution in [2.75, 3.05) is 6.54 Å². The third-order valence-electron chi connectivity index (χ3n) is 4.40. The van der Waals surface area contributed by atoms with Crippen molar-refractivity contribution in [1.82, 2.24) is 9.88 Å². The number of ether oxygens (including phenoxy) is 1. The van der Waals surface area contributed by atoms with Gasteiger partial charge in [-0.3, -0.25) is 4.79 Å². The molecule has 1 heterocycles. The normalized spacial score (nSPS) is 12.6. The van der Waals surface area contributed by atoms with E-state index in [-0.39, 0.29) is 12.8 Å². The van der Waals surface area contributed by atoms with E-state index in [1.165, 1.54) is 0 Å². The Morgan fingerprint density at radius 1 is 1.21 bits per heavy atom. The number of unbranched alkanes of at least 4 members (excludes halogenated alkanes) is 1. The van der Waals surface area contributed by atoms with Gasteiger partial charge >= 0.3 is 12.1 Å².